The largest absolute Gasteiger partial charge is 0.369 e. The maximum atomic E-state index is 12.3. The Hall–Kier alpha value is -2.26. The van der Waals surface area contributed by atoms with Crippen molar-refractivity contribution in [2.24, 2.45) is 0 Å². The molecule has 2 N–H and O–H groups in total. The van der Waals surface area contributed by atoms with Crippen LogP contribution in [-0.4, -0.2) is 15.8 Å². The van der Waals surface area contributed by atoms with Gasteiger partial charge in [0.2, 0.25) is 5.95 Å². The molecule has 0 saturated heterocycles. The third-order valence-corrected chi connectivity index (χ3v) is 3.36. The highest BCUT2D eigenvalue weighted by Gasteiger charge is 2.15. The van der Waals surface area contributed by atoms with Crippen LogP contribution in [0.3, 0.4) is 0 Å². The number of nitriles is 1. The third kappa shape index (κ3) is 2.33. The first-order valence-electron chi connectivity index (χ1n) is 5.52. The number of hydrogen-bond donors (Lipinski definition) is 1. The van der Waals surface area contributed by atoms with Crippen LogP contribution in [0, 0.1) is 18.3 Å². The summed E-state index contributed by atoms with van der Waals surface area (Å²) in [7, 11) is 0. The Morgan fingerprint density at radius 3 is 2.53 bits per heavy atom. The second-order valence-electron chi connectivity index (χ2n) is 3.94. The summed E-state index contributed by atoms with van der Waals surface area (Å²) in [5, 5.41) is 9.43. The summed E-state index contributed by atoms with van der Waals surface area (Å²) >= 11 is 1.23. The van der Waals surface area contributed by atoms with Gasteiger partial charge in [0, 0.05) is 0 Å². The molecule has 1 heterocycles. The van der Waals surface area contributed by atoms with Gasteiger partial charge in [0.1, 0.15) is 16.7 Å². The van der Waals surface area contributed by atoms with Gasteiger partial charge in [-0.15, -0.1) is 11.8 Å². The fourth-order valence-electron chi connectivity index (χ4n) is 1.70. The van der Waals surface area contributed by atoms with Crippen LogP contribution in [0.2, 0.25) is 0 Å². The van der Waals surface area contributed by atoms with Gasteiger partial charge in [-0.3, -0.25) is 4.79 Å². The predicted octanol–water partition coefficient (Wildman–Crippen LogP) is 1.72. The van der Waals surface area contributed by atoms with E-state index in [4.69, 9.17) is 11.0 Å². The summed E-state index contributed by atoms with van der Waals surface area (Å²) < 4.78 is 1.25. The molecule has 6 heteroatoms. The van der Waals surface area contributed by atoms with Crippen LogP contribution in [0.15, 0.2) is 34.1 Å². The predicted molar refractivity (Wildman–Crippen MR) is 75.5 cm³/mol. The Morgan fingerprint density at radius 1 is 1.37 bits per heavy atom. The highest BCUT2D eigenvalue weighted by atomic mass is 32.2. The number of rotatable bonds is 2. The molecule has 0 bridgehead atoms. The van der Waals surface area contributed by atoms with Gasteiger partial charge in [0.25, 0.3) is 5.56 Å². The molecule has 0 fully saturated rings. The topological polar surface area (TPSA) is 84.7 Å². The summed E-state index contributed by atoms with van der Waals surface area (Å²) in [4.78, 5) is 16.4. The van der Waals surface area contributed by atoms with Crippen LogP contribution >= 0.6 is 11.8 Å². The lowest BCUT2D eigenvalue weighted by Crippen LogP contribution is -2.26. The van der Waals surface area contributed by atoms with Gasteiger partial charge < -0.3 is 5.73 Å². The maximum Gasteiger partial charge on any atom is 0.278 e. The number of aromatic nitrogens is 2. The van der Waals surface area contributed by atoms with Crippen LogP contribution < -0.4 is 11.3 Å². The van der Waals surface area contributed by atoms with Crippen molar-refractivity contribution >= 4 is 17.7 Å². The molecule has 2 rings (SSSR count). The van der Waals surface area contributed by atoms with Crippen LogP contribution in [0.5, 0.6) is 0 Å². The average molecular weight is 272 g/mol. The van der Waals surface area contributed by atoms with E-state index in [0.717, 1.165) is 5.56 Å². The number of benzene rings is 1. The van der Waals surface area contributed by atoms with Crippen molar-refractivity contribution in [2.75, 3.05) is 12.0 Å². The number of aryl methyl sites for hydroxylation is 1. The Morgan fingerprint density at radius 2 is 2.00 bits per heavy atom. The van der Waals surface area contributed by atoms with Gasteiger partial charge in [0.05, 0.1) is 5.69 Å². The SMILES string of the molecule is CSc1nc(N)n(-c2ccc(C)cc2)c(=O)c1C#N. The number of hydrogen-bond acceptors (Lipinski definition) is 5. The lowest BCUT2D eigenvalue weighted by atomic mass is 10.2. The van der Waals surface area contributed by atoms with Crippen LogP contribution in [0.25, 0.3) is 5.69 Å². The summed E-state index contributed by atoms with van der Waals surface area (Å²) in [6.45, 7) is 1.95. The fourth-order valence-corrected chi connectivity index (χ4v) is 2.23. The van der Waals surface area contributed by atoms with Crippen molar-refractivity contribution in [1.82, 2.24) is 9.55 Å². The van der Waals surface area contributed by atoms with E-state index in [1.165, 1.54) is 16.3 Å². The molecule has 0 aliphatic carbocycles. The normalized spacial score (nSPS) is 10.2. The van der Waals surface area contributed by atoms with Gasteiger partial charge in [-0.2, -0.15) is 5.26 Å². The highest BCUT2D eigenvalue weighted by molar-refractivity contribution is 7.98. The first kappa shape index (κ1) is 13.2. The number of thioether (sulfide) groups is 1. The zero-order chi connectivity index (χ0) is 14.0. The third-order valence-electron chi connectivity index (χ3n) is 2.67. The molecule has 0 saturated carbocycles. The smallest absolute Gasteiger partial charge is 0.278 e. The zero-order valence-corrected chi connectivity index (χ0v) is 11.4. The van der Waals surface area contributed by atoms with Crippen molar-refractivity contribution < 1.29 is 0 Å². The number of anilines is 1. The van der Waals surface area contributed by atoms with Gasteiger partial charge >= 0.3 is 0 Å². The highest BCUT2D eigenvalue weighted by Crippen LogP contribution is 2.18. The quantitative estimate of drug-likeness (QED) is 0.664. The van der Waals surface area contributed by atoms with E-state index in [-0.39, 0.29) is 11.5 Å². The van der Waals surface area contributed by atoms with Gasteiger partial charge in [-0.05, 0) is 25.3 Å². The fraction of sp³-hybridized carbons (Fsp3) is 0.154. The monoisotopic (exact) mass is 272 g/mol. The molecule has 1 aromatic carbocycles. The number of nitrogen functional groups attached to an aromatic ring is 1. The first-order valence-corrected chi connectivity index (χ1v) is 6.74. The second kappa shape index (κ2) is 5.16. The molecule has 0 radical (unpaired) electrons. The van der Waals surface area contributed by atoms with Crippen LogP contribution in [0.4, 0.5) is 5.95 Å². The minimum Gasteiger partial charge on any atom is -0.369 e. The van der Waals surface area contributed by atoms with Crippen molar-refractivity contribution in [2.45, 2.75) is 11.9 Å². The maximum absolute atomic E-state index is 12.3. The molecule has 96 valence electrons. The van der Waals surface area contributed by atoms with E-state index in [9.17, 15) is 4.79 Å². The first-order chi connectivity index (χ1) is 9.08. The van der Waals surface area contributed by atoms with Crippen molar-refractivity contribution in [1.29, 1.82) is 5.26 Å². The van der Waals surface area contributed by atoms with E-state index in [0.29, 0.717) is 10.7 Å². The molecule has 0 amide bonds. The zero-order valence-electron chi connectivity index (χ0n) is 10.5. The minimum atomic E-state index is -0.441. The van der Waals surface area contributed by atoms with Crippen molar-refractivity contribution in [3.63, 3.8) is 0 Å². The van der Waals surface area contributed by atoms with Gasteiger partial charge in [-0.25, -0.2) is 9.55 Å². The van der Waals surface area contributed by atoms with Crippen molar-refractivity contribution in [3.8, 4) is 11.8 Å². The van der Waals surface area contributed by atoms with Gasteiger partial charge in [0.15, 0.2) is 0 Å². The minimum absolute atomic E-state index is 0.0160. The molecule has 2 aromatic rings. The molecule has 1 aromatic heterocycles. The molecule has 19 heavy (non-hydrogen) atoms. The molecule has 0 aliphatic heterocycles. The summed E-state index contributed by atoms with van der Waals surface area (Å²) in [5.41, 5.74) is 7.07. The van der Waals surface area contributed by atoms with Crippen LogP contribution in [-0.2, 0) is 0 Å². The standard InChI is InChI=1S/C13H12N4OS/c1-8-3-5-9(6-4-8)17-12(18)10(7-14)11(19-2)16-13(17)15/h3-6H,1-2H3,(H2,15,16). The summed E-state index contributed by atoms with van der Waals surface area (Å²) in [6.07, 6.45) is 1.75. The molecule has 5 nitrogen and oxygen atoms in total. The molecule has 0 aliphatic rings. The van der Waals surface area contributed by atoms with E-state index in [1.807, 2.05) is 25.1 Å². The number of nitrogens with zero attached hydrogens (tertiary/aromatic N) is 3. The Bertz CT molecular complexity index is 713. The van der Waals surface area contributed by atoms with E-state index in [2.05, 4.69) is 4.98 Å². The average Bonchev–Trinajstić information content (AvgIpc) is 2.40. The van der Waals surface area contributed by atoms with E-state index in [1.54, 1.807) is 18.4 Å². The lowest BCUT2D eigenvalue weighted by molar-refractivity contribution is 0.899. The molecule has 0 unspecified atom stereocenters. The number of nitrogens with two attached hydrogens (primary N) is 1. The van der Waals surface area contributed by atoms with Crippen LogP contribution in [0.1, 0.15) is 11.1 Å². The van der Waals surface area contributed by atoms with Gasteiger partial charge in [-0.1, -0.05) is 17.7 Å². The molecular weight excluding hydrogens is 260 g/mol. The summed E-state index contributed by atoms with van der Waals surface area (Å²) in [5.74, 6) is 0.0807. The van der Waals surface area contributed by atoms with E-state index >= 15 is 0 Å². The second-order valence-corrected chi connectivity index (χ2v) is 4.74. The Labute approximate surface area is 114 Å². The molecule has 0 atom stereocenters. The molecular formula is C13H12N4OS. The Kier molecular flexibility index (Phi) is 3.58. The Balaban J connectivity index is 2.75. The molecule has 0 spiro atoms. The summed E-state index contributed by atoms with van der Waals surface area (Å²) in [6, 6.07) is 9.18. The van der Waals surface area contributed by atoms with Crippen molar-refractivity contribution in [3.05, 3.63) is 45.7 Å². The lowest BCUT2D eigenvalue weighted by Gasteiger charge is -2.11. The van der Waals surface area contributed by atoms with E-state index < -0.39 is 5.56 Å².